The maximum Gasteiger partial charge on any atom is 0.247 e. The van der Waals surface area contributed by atoms with E-state index in [1.165, 1.54) is 25.7 Å². The number of benzene rings is 1. The Balaban J connectivity index is 1.27. The lowest BCUT2D eigenvalue weighted by atomic mass is 9.46. The zero-order valence-electron chi connectivity index (χ0n) is 13.1. The fourth-order valence-corrected chi connectivity index (χ4v) is 4.78. The van der Waals surface area contributed by atoms with E-state index < -0.39 is 0 Å². The number of ether oxygens (including phenoxy) is 1. The van der Waals surface area contributed by atoms with E-state index in [9.17, 15) is 0 Å². The molecule has 3 aliphatic rings. The summed E-state index contributed by atoms with van der Waals surface area (Å²) in [6, 6.07) is 10.5. The lowest BCUT2D eigenvalue weighted by molar-refractivity contribution is -0.176. The van der Waals surface area contributed by atoms with Crippen LogP contribution in [0, 0.1) is 11.3 Å². The maximum atomic E-state index is 5.96. The van der Waals surface area contributed by atoms with Gasteiger partial charge in [-0.3, -0.25) is 0 Å². The van der Waals surface area contributed by atoms with E-state index in [1.807, 2.05) is 30.3 Å². The molecule has 0 bridgehead atoms. The fraction of sp³-hybridized carbons (Fsp3) is 0.556. The first-order valence-electron chi connectivity index (χ1n) is 8.60. The van der Waals surface area contributed by atoms with Crippen LogP contribution in [0.25, 0.3) is 11.5 Å². The van der Waals surface area contributed by atoms with Crippen LogP contribution in [-0.4, -0.2) is 29.0 Å². The molecule has 1 spiro atoms. The first-order chi connectivity index (χ1) is 11.4. The lowest BCUT2D eigenvalue weighted by Gasteiger charge is -2.63. The molecule has 5 nitrogen and oxygen atoms in total. The van der Waals surface area contributed by atoms with E-state index >= 15 is 0 Å². The third-order valence-corrected chi connectivity index (χ3v) is 6.00. The molecule has 3 unspecified atom stereocenters. The molecule has 2 aliphatic carbocycles. The van der Waals surface area contributed by atoms with Crippen LogP contribution in [0.2, 0.25) is 0 Å². The molecule has 1 N–H and O–H groups in total. The lowest BCUT2D eigenvalue weighted by Crippen LogP contribution is -2.70. The predicted octanol–water partition coefficient (Wildman–Crippen LogP) is 2.78. The molecule has 23 heavy (non-hydrogen) atoms. The van der Waals surface area contributed by atoms with Crippen molar-refractivity contribution in [2.45, 2.75) is 44.4 Å². The summed E-state index contributed by atoms with van der Waals surface area (Å²) in [5.74, 6) is 1.93. The Kier molecular flexibility index (Phi) is 3.06. The van der Waals surface area contributed by atoms with Crippen LogP contribution in [0.4, 0.5) is 0 Å². The molecule has 1 saturated heterocycles. The van der Waals surface area contributed by atoms with Crippen LogP contribution in [0.3, 0.4) is 0 Å². The van der Waals surface area contributed by atoms with Crippen molar-refractivity contribution in [2.75, 3.05) is 6.61 Å². The van der Waals surface area contributed by atoms with Gasteiger partial charge in [-0.05, 0) is 31.4 Å². The average molecular weight is 311 g/mol. The summed E-state index contributed by atoms with van der Waals surface area (Å²) in [4.78, 5) is 0. The normalized spacial score (nSPS) is 30.7. The van der Waals surface area contributed by atoms with Crippen LogP contribution in [0.15, 0.2) is 34.7 Å². The number of nitrogens with one attached hydrogen (secondary N) is 1. The van der Waals surface area contributed by atoms with Gasteiger partial charge < -0.3 is 14.5 Å². The highest BCUT2D eigenvalue weighted by atomic mass is 16.5. The van der Waals surface area contributed by atoms with Crippen LogP contribution in [0.1, 0.15) is 31.6 Å². The van der Waals surface area contributed by atoms with Gasteiger partial charge in [0.1, 0.15) is 0 Å². The molecular weight excluding hydrogens is 290 g/mol. The third-order valence-electron chi connectivity index (χ3n) is 6.00. The van der Waals surface area contributed by atoms with Gasteiger partial charge in [0.05, 0.1) is 12.6 Å². The first-order valence-corrected chi connectivity index (χ1v) is 8.60. The van der Waals surface area contributed by atoms with Gasteiger partial charge in [0.2, 0.25) is 11.8 Å². The molecule has 1 aromatic carbocycles. The molecule has 2 heterocycles. The summed E-state index contributed by atoms with van der Waals surface area (Å²) in [5.41, 5.74) is 1.36. The van der Waals surface area contributed by atoms with Crippen LogP contribution < -0.4 is 5.32 Å². The van der Waals surface area contributed by atoms with Gasteiger partial charge in [-0.1, -0.05) is 24.6 Å². The van der Waals surface area contributed by atoms with E-state index in [0.717, 1.165) is 12.2 Å². The Bertz CT molecular complexity index is 695. The Labute approximate surface area is 135 Å². The van der Waals surface area contributed by atoms with Gasteiger partial charge in [0.15, 0.2) is 0 Å². The van der Waals surface area contributed by atoms with Gasteiger partial charge in [0, 0.05) is 29.5 Å². The number of fused-ring (bicyclic) bond motifs is 2. The second-order valence-electron chi connectivity index (χ2n) is 7.06. The quantitative estimate of drug-likeness (QED) is 0.941. The van der Waals surface area contributed by atoms with Crippen molar-refractivity contribution in [3.05, 3.63) is 36.2 Å². The molecule has 1 aromatic heterocycles. The maximum absolute atomic E-state index is 5.96. The van der Waals surface area contributed by atoms with Crippen LogP contribution >= 0.6 is 0 Å². The molecule has 0 radical (unpaired) electrons. The highest BCUT2D eigenvalue weighted by Crippen LogP contribution is 2.62. The summed E-state index contributed by atoms with van der Waals surface area (Å²) < 4.78 is 11.8. The van der Waals surface area contributed by atoms with Crippen LogP contribution in [0.5, 0.6) is 0 Å². The van der Waals surface area contributed by atoms with Crippen LogP contribution in [-0.2, 0) is 11.3 Å². The second-order valence-corrected chi connectivity index (χ2v) is 7.06. The molecule has 5 rings (SSSR count). The highest BCUT2D eigenvalue weighted by Gasteiger charge is 2.66. The summed E-state index contributed by atoms with van der Waals surface area (Å²) in [5, 5.41) is 12.0. The highest BCUT2D eigenvalue weighted by molar-refractivity contribution is 5.51. The van der Waals surface area contributed by atoms with E-state index in [4.69, 9.17) is 9.15 Å². The average Bonchev–Trinajstić information content (AvgIpc) is 3.16. The van der Waals surface area contributed by atoms with Gasteiger partial charge in [-0.2, -0.15) is 0 Å². The molecule has 5 heteroatoms. The molecule has 2 aromatic rings. The zero-order chi connectivity index (χ0) is 15.3. The van der Waals surface area contributed by atoms with Crippen molar-refractivity contribution in [2.24, 2.45) is 11.3 Å². The standard InChI is InChI=1S/C18H21N3O2/c1-2-5-12(6-3-1)17-21-20-14(23-17)11-19-15-13-7-10-22-16(13)18(15)8-4-9-18/h1-3,5-6,13,15-16,19H,4,7-11H2. The van der Waals surface area contributed by atoms with Gasteiger partial charge in [-0.15, -0.1) is 10.2 Å². The third kappa shape index (κ3) is 2.00. The van der Waals surface area contributed by atoms with E-state index in [-0.39, 0.29) is 0 Å². The molecule has 2 saturated carbocycles. The Morgan fingerprint density at radius 3 is 2.83 bits per heavy atom. The molecule has 0 amide bonds. The topological polar surface area (TPSA) is 60.2 Å². The minimum absolute atomic E-state index is 0.392. The van der Waals surface area contributed by atoms with Crippen molar-refractivity contribution >= 4 is 0 Å². The van der Waals surface area contributed by atoms with E-state index in [0.29, 0.717) is 41.8 Å². The Morgan fingerprint density at radius 2 is 2.04 bits per heavy atom. The molecule has 120 valence electrons. The smallest absolute Gasteiger partial charge is 0.247 e. The number of nitrogens with zero attached hydrogens (tertiary/aromatic N) is 2. The van der Waals surface area contributed by atoms with Crippen molar-refractivity contribution < 1.29 is 9.15 Å². The summed E-state index contributed by atoms with van der Waals surface area (Å²) >= 11 is 0. The Morgan fingerprint density at radius 1 is 1.17 bits per heavy atom. The van der Waals surface area contributed by atoms with E-state index in [2.05, 4.69) is 15.5 Å². The Hall–Kier alpha value is -1.72. The molecule has 3 atom stereocenters. The largest absolute Gasteiger partial charge is 0.419 e. The van der Waals surface area contributed by atoms with Crippen molar-refractivity contribution in [3.8, 4) is 11.5 Å². The minimum atomic E-state index is 0.392. The zero-order valence-corrected chi connectivity index (χ0v) is 13.1. The number of rotatable bonds is 4. The number of hydrogen-bond donors (Lipinski definition) is 1. The van der Waals surface area contributed by atoms with Gasteiger partial charge >= 0.3 is 0 Å². The number of hydrogen-bond acceptors (Lipinski definition) is 5. The van der Waals surface area contributed by atoms with Crippen molar-refractivity contribution in [1.29, 1.82) is 0 Å². The van der Waals surface area contributed by atoms with Gasteiger partial charge in [0.25, 0.3) is 0 Å². The van der Waals surface area contributed by atoms with Gasteiger partial charge in [-0.25, -0.2) is 0 Å². The second kappa shape index (κ2) is 5.14. The first kappa shape index (κ1) is 13.7. The van der Waals surface area contributed by atoms with E-state index in [1.54, 1.807) is 0 Å². The van der Waals surface area contributed by atoms with Crippen molar-refractivity contribution in [1.82, 2.24) is 15.5 Å². The molecule has 3 fully saturated rings. The molecule has 1 aliphatic heterocycles. The fourth-order valence-electron chi connectivity index (χ4n) is 4.78. The SMILES string of the molecule is c1ccc(-c2nnc(CNC3C4CCOC4C34CCC4)o2)cc1. The minimum Gasteiger partial charge on any atom is -0.419 e. The summed E-state index contributed by atoms with van der Waals surface area (Å²) in [6.07, 6.45) is 5.61. The van der Waals surface area contributed by atoms with Crippen molar-refractivity contribution in [3.63, 3.8) is 0 Å². The summed E-state index contributed by atoms with van der Waals surface area (Å²) in [7, 11) is 0. The summed E-state index contributed by atoms with van der Waals surface area (Å²) in [6.45, 7) is 1.57. The monoisotopic (exact) mass is 311 g/mol. The number of aromatic nitrogens is 2. The predicted molar refractivity (Wildman–Crippen MR) is 84.5 cm³/mol. The molecular formula is C18H21N3O2.